The van der Waals surface area contributed by atoms with E-state index in [2.05, 4.69) is 25.6 Å². The third-order valence-electron chi connectivity index (χ3n) is 4.58. The highest BCUT2D eigenvalue weighted by atomic mass is 35.5. The normalized spacial score (nSPS) is 12.9. The number of para-hydroxylation sites is 1. The molecule has 9 heteroatoms. The Morgan fingerprint density at radius 2 is 2.07 bits per heavy atom. The van der Waals surface area contributed by atoms with Gasteiger partial charge in [-0.05, 0) is 45.7 Å². The molecule has 1 unspecified atom stereocenters. The largest absolute Gasteiger partial charge is 0.397 e. The van der Waals surface area contributed by atoms with Crippen molar-refractivity contribution in [1.82, 2.24) is 19.5 Å². The van der Waals surface area contributed by atoms with Crippen LogP contribution in [0.1, 0.15) is 39.7 Å². The number of nitrogens with two attached hydrogens (primary N) is 1. The lowest BCUT2D eigenvalue weighted by molar-refractivity contribution is 0.0672. The minimum absolute atomic E-state index is 0.0122. The van der Waals surface area contributed by atoms with E-state index in [4.69, 9.17) is 17.3 Å². The van der Waals surface area contributed by atoms with Gasteiger partial charge in [0.1, 0.15) is 0 Å². The van der Waals surface area contributed by atoms with Crippen LogP contribution < -0.4 is 16.4 Å². The van der Waals surface area contributed by atoms with E-state index < -0.39 is 5.60 Å². The molecule has 3 rings (SSSR count). The molecule has 2 heterocycles. The fraction of sp³-hybridized carbons (Fsp3) is 0.450. The number of hydrogen-bond donors (Lipinski definition) is 4. The number of aromatic nitrogens is 4. The summed E-state index contributed by atoms with van der Waals surface area (Å²) in [6.07, 6.45) is 2.31. The van der Waals surface area contributed by atoms with E-state index in [0.29, 0.717) is 41.0 Å². The van der Waals surface area contributed by atoms with Gasteiger partial charge >= 0.3 is 0 Å². The number of halogens is 1. The number of hydrogen-bond acceptors (Lipinski definition) is 7. The SMILES string of the molecule is CCn1cnc2c(NCc3cccc(Cl)c3N)nc(NC(C)CC(C)(C)O)nc21. The van der Waals surface area contributed by atoms with Crippen LogP contribution in [0.4, 0.5) is 17.5 Å². The average molecular weight is 418 g/mol. The molecule has 2 aromatic heterocycles. The van der Waals surface area contributed by atoms with E-state index in [1.807, 2.05) is 30.5 Å². The van der Waals surface area contributed by atoms with Gasteiger partial charge in [-0.1, -0.05) is 23.7 Å². The van der Waals surface area contributed by atoms with Gasteiger partial charge in [0.2, 0.25) is 5.95 Å². The maximum absolute atomic E-state index is 10.1. The summed E-state index contributed by atoms with van der Waals surface area (Å²) in [5.74, 6) is 1.09. The quantitative estimate of drug-likeness (QED) is 0.413. The Morgan fingerprint density at radius 1 is 1.31 bits per heavy atom. The molecule has 0 saturated heterocycles. The van der Waals surface area contributed by atoms with Crippen molar-refractivity contribution < 1.29 is 5.11 Å². The number of imidazole rings is 1. The third kappa shape index (κ3) is 5.07. The number of anilines is 3. The van der Waals surface area contributed by atoms with Crippen molar-refractivity contribution in [2.75, 3.05) is 16.4 Å². The van der Waals surface area contributed by atoms with Crippen LogP contribution in [0.3, 0.4) is 0 Å². The summed E-state index contributed by atoms with van der Waals surface area (Å²) in [5, 5.41) is 17.2. The molecule has 0 radical (unpaired) electrons. The number of fused-ring (bicyclic) bond motifs is 1. The molecule has 1 atom stereocenters. The van der Waals surface area contributed by atoms with Gasteiger partial charge in [0.25, 0.3) is 0 Å². The van der Waals surface area contributed by atoms with Crippen LogP contribution in [0, 0.1) is 0 Å². The van der Waals surface area contributed by atoms with Crippen molar-refractivity contribution in [3.05, 3.63) is 35.1 Å². The van der Waals surface area contributed by atoms with Crippen molar-refractivity contribution in [3.63, 3.8) is 0 Å². The molecule has 5 N–H and O–H groups in total. The van der Waals surface area contributed by atoms with Crippen molar-refractivity contribution in [2.45, 2.75) is 58.8 Å². The van der Waals surface area contributed by atoms with Crippen molar-refractivity contribution >= 4 is 40.2 Å². The van der Waals surface area contributed by atoms with E-state index >= 15 is 0 Å². The van der Waals surface area contributed by atoms with Gasteiger partial charge in [0.15, 0.2) is 17.0 Å². The van der Waals surface area contributed by atoms with E-state index in [1.54, 1.807) is 26.2 Å². The maximum Gasteiger partial charge on any atom is 0.226 e. The molecule has 0 amide bonds. The first-order chi connectivity index (χ1) is 13.7. The molecule has 3 aromatic rings. The number of nitrogens with one attached hydrogen (secondary N) is 2. The van der Waals surface area contributed by atoms with E-state index in [0.717, 1.165) is 17.8 Å². The summed E-state index contributed by atoms with van der Waals surface area (Å²) in [5.41, 5.74) is 8.14. The van der Waals surface area contributed by atoms with Gasteiger partial charge in [0, 0.05) is 19.1 Å². The third-order valence-corrected chi connectivity index (χ3v) is 4.90. The zero-order valence-electron chi connectivity index (χ0n) is 17.2. The zero-order chi connectivity index (χ0) is 21.2. The lowest BCUT2D eigenvalue weighted by Crippen LogP contribution is -2.29. The Labute approximate surface area is 175 Å². The highest BCUT2D eigenvalue weighted by molar-refractivity contribution is 6.33. The van der Waals surface area contributed by atoms with Gasteiger partial charge in [-0.25, -0.2) is 4.98 Å². The molecular formula is C20H28ClN7O. The standard InChI is InChI=1S/C20H28ClN7O/c1-5-28-11-24-16-17(23-10-13-7-6-8-14(21)15(13)22)26-19(27-18(16)28)25-12(2)9-20(3,4)29/h6-8,11-12,29H,5,9-10,22H2,1-4H3,(H2,23,25,26,27). The molecule has 0 fully saturated rings. The second-order valence-electron chi connectivity index (χ2n) is 7.83. The van der Waals surface area contributed by atoms with Crippen LogP contribution >= 0.6 is 11.6 Å². The lowest BCUT2D eigenvalue weighted by atomic mass is 10.0. The van der Waals surface area contributed by atoms with Crippen molar-refractivity contribution in [1.29, 1.82) is 0 Å². The van der Waals surface area contributed by atoms with E-state index in [-0.39, 0.29) is 6.04 Å². The Kier molecular flexibility index (Phi) is 6.14. The topological polar surface area (TPSA) is 114 Å². The van der Waals surface area contributed by atoms with Crippen LogP contribution in [0.25, 0.3) is 11.2 Å². The summed E-state index contributed by atoms with van der Waals surface area (Å²) in [6, 6.07) is 5.53. The molecule has 29 heavy (non-hydrogen) atoms. The Morgan fingerprint density at radius 3 is 2.76 bits per heavy atom. The highest BCUT2D eigenvalue weighted by Gasteiger charge is 2.19. The van der Waals surface area contributed by atoms with Gasteiger partial charge < -0.3 is 26.0 Å². The zero-order valence-corrected chi connectivity index (χ0v) is 18.0. The van der Waals surface area contributed by atoms with Crippen molar-refractivity contribution in [3.8, 4) is 0 Å². The van der Waals surface area contributed by atoms with E-state index in [1.165, 1.54) is 0 Å². The molecule has 0 spiro atoms. The maximum atomic E-state index is 10.1. The summed E-state index contributed by atoms with van der Waals surface area (Å²) < 4.78 is 1.96. The predicted octanol–water partition coefficient (Wildman–Crippen LogP) is 3.66. The molecule has 0 aliphatic heterocycles. The molecule has 8 nitrogen and oxygen atoms in total. The summed E-state index contributed by atoms with van der Waals surface area (Å²) >= 11 is 6.12. The molecule has 156 valence electrons. The fourth-order valence-corrected chi connectivity index (χ4v) is 3.49. The molecule has 0 saturated carbocycles. The second kappa shape index (κ2) is 8.42. The van der Waals surface area contributed by atoms with Gasteiger partial charge in [0.05, 0.1) is 22.6 Å². The number of nitrogens with zero attached hydrogens (tertiary/aromatic N) is 4. The average Bonchev–Trinajstić information content (AvgIpc) is 3.04. The van der Waals surface area contributed by atoms with E-state index in [9.17, 15) is 5.11 Å². The first-order valence-corrected chi connectivity index (χ1v) is 10.0. The van der Waals surface area contributed by atoms with Crippen LogP contribution in [0.5, 0.6) is 0 Å². The van der Waals surface area contributed by atoms with Gasteiger partial charge in [-0.3, -0.25) is 0 Å². The highest BCUT2D eigenvalue weighted by Crippen LogP contribution is 2.26. The summed E-state index contributed by atoms with van der Waals surface area (Å²) in [6.45, 7) is 8.78. The fourth-order valence-electron chi connectivity index (χ4n) is 3.30. The second-order valence-corrected chi connectivity index (χ2v) is 8.23. The van der Waals surface area contributed by atoms with Crippen LogP contribution in [-0.2, 0) is 13.1 Å². The number of benzene rings is 1. The predicted molar refractivity (Wildman–Crippen MR) is 118 cm³/mol. The first-order valence-electron chi connectivity index (χ1n) is 9.66. The number of rotatable bonds is 8. The molecule has 1 aromatic carbocycles. The molecular weight excluding hydrogens is 390 g/mol. The monoisotopic (exact) mass is 417 g/mol. The Balaban J connectivity index is 1.90. The number of nitrogen functional groups attached to an aromatic ring is 1. The molecule has 0 aliphatic carbocycles. The Hall–Kier alpha value is -2.58. The summed E-state index contributed by atoms with van der Waals surface area (Å²) in [4.78, 5) is 13.7. The lowest BCUT2D eigenvalue weighted by Gasteiger charge is -2.23. The van der Waals surface area contributed by atoms with Crippen molar-refractivity contribution in [2.24, 2.45) is 0 Å². The molecule has 0 aliphatic rings. The Bertz CT molecular complexity index is 996. The minimum atomic E-state index is -0.785. The van der Waals surface area contributed by atoms with Gasteiger partial charge in [-0.15, -0.1) is 0 Å². The number of aliphatic hydroxyl groups is 1. The minimum Gasteiger partial charge on any atom is -0.397 e. The van der Waals surface area contributed by atoms with Crippen LogP contribution in [0.2, 0.25) is 5.02 Å². The van der Waals surface area contributed by atoms with Gasteiger partial charge in [-0.2, -0.15) is 9.97 Å². The van der Waals surface area contributed by atoms with Crippen LogP contribution in [-0.4, -0.2) is 36.3 Å². The first kappa shape index (κ1) is 21.1. The van der Waals surface area contributed by atoms with Crippen LogP contribution in [0.15, 0.2) is 24.5 Å². The number of aryl methyl sites for hydroxylation is 1. The molecule has 0 bridgehead atoms. The summed E-state index contributed by atoms with van der Waals surface area (Å²) in [7, 11) is 0. The smallest absolute Gasteiger partial charge is 0.226 e.